The molecule has 2 nitrogen and oxygen atoms in total. The second-order valence-corrected chi connectivity index (χ2v) is 4.68. The maximum Gasteiger partial charge on any atom is 0.0558 e. The molecule has 1 heterocycles. The average Bonchev–Trinajstić information content (AvgIpc) is 2.23. The van der Waals surface area contributed by atoms with Crippen molar-refractivity contribution in [1.29, 1.82) is 0 Å². The summed E-state index contributed by atoms with van der Waals surface area (Å²) < 4.78 is 0. The van der Waals surface area contributed by atoms with Crippen LogP contribution < -0.4 is 0 Å². The van der Waals surface area contributed by atoms with Crippen molar-refractivity contribution in [3.05, 3.63) is 35.4 Å². The first-order valence-corrected chi connectivity index (χ1v) is 5.60. The SMILES string of the molecule is CC1(C)c2ccccc2CCN1CCO. The van der Waals surface area contributed by atoms with Gasteiger partial charge in [0, 0.05) is 18.6 Å². The third-order valence-electron chi connectivity index (χ3n) is 3.49. The Labute approximate surface area is 91.5 Å². The summed E-state index contributed by atoms with van der Waals surface area (Å²) in [5.41, 5.74) is 2.92. The van der Waals surface area contributed by atoms with Crippen LogP contribution in [0, 0.1) is 0 Å². The summed E-state index contributed by atoms with van der Waals surface area (Å²) in [6, 6.07) is 8.63. The Balaban J connectivity index is 2.36. The molecule has 2 rings (SSSR count). The van der Waals surface area contributed by atoms with Crippen LogP contribution in [0.25, 0.3) is 0 Å². The Hall–Kier alpha value is -0.860. The van der Waals surface area contributed by atoms with Crippen LogP contribution in [-0.2, 0) is 12.0 Å². The Morgan fingerprint density at radius 2 is 2.07 bits per heavy atom. The molecule has 0 aromatic heterocycles. The number of nitrogens with zero attached hydrogens (tertiary/aromatic N) is 1. The predicted octanol–water partition coefficient (Wildman–Crippen LogP) is 1.77. The number of β-amino-alcohol motifs (C(OH)–C–C–N with tert-alkyl or cyclic N) is 1. The molecule has 0 radical (unpaired) electrons. The van der Waals surface area contributed by atoms with E-state index in [0.717, 1.165) is 19.5 Å². The zero-order valence-electron chi connectivity index (χ0n) is 9.53. The fourth-order valence-corrected chi connectivity index (χ4v) is 2.55. The van der Waals surface area contributed by atoms with Gasteiger partial charge in [0.1, 0.15) is 0 Å². The molecular formula is C13H19NO. The molecule has 15 heavy (non-hydrogen) atoms. The minimum absolute atomic E-state index is 0.0531. The highest BCUT2D eigenvalue weighted by molar-refractivity contribution is 5.35. The third-order valence-corrected chi connectivity index (χ3v) is 3.49. The highest BCUT2D eigenvalue weighted by Crippen LogP contribution is 2.34. The summed E-state index contributed by atoms with van der Waals surface area (Å²) in [5, 5.41) is 9.06. The van der Waals surface area contributed by atoms with E-state index in [9.17, 15) is 0 Å². The zero-order chi connectivity index (χ0) is 10.9. The summed E-state index contributed by atoms with van der Waals surface area (Å²) in [5.74, 6) is 0. The van der Waals surface area contributed by atoms with Gasteiger partial charge in [-0.15, -0.1) is 0 Å². The summed E-state index contributed by atoms with van der Waals surface area (Å²) in [4.78, 5) is 2.36. The van der Waals surface area contributed by atoms with E-state index in [4.69, 9.17) is 5.11 Å². The number of fused-ring (bicyclic) bond motifs is 1. The van der Waals surface area contributed by atoms with E-state index < -0.39 is 0 Å². The molecule has 0 saturated carbocycles. The molecule has 0 bridgehead atoms. The van der Waals surface area contributed by atoms with Gasteiger partial charge in [0.2, 0.25) is 0 Å². The van der Waals surface area contributed by atoms with E-state index in [1.165, 1.54) is 11.1 Å². The first-order valence-electron chi connectivity index (χ1n) is 5.60. The molecule has 2 heteroatoms. The Kier molecular flexibility index (Phi) is 2.81. The summed E-state index contributed by atoms with van der Waals surface area (Å²) in [6.45, 7) is 6.53. The molecule has 0 amide bonds. The Morgan fingerprint density at radius 3 is 2.80 bits per heavy atom. The molecule has 0 atom stereocenters. The van der Waals surface area contributed by atoms with Gasteiger partial charge in [0.15, 0.2) is 0 Å². The van der Waals surface area contributed by atoms with E-state index in [1.54, 1.807) is 0 Å². The van der Waals surface area contributed by atoms with Crippen LogP contribution in [0.5, 0.6) is 0 Å². The molecular weight excluding hydrogens is 186 g/mol. The fourth-order valence-electron chi connectivity index (χ4n) is 2.55. The summed E-state index contributed by atoms with van der Waals surface area (Å²) >= 11 is 0. The van der Waals surface area contributed by atoms with Crippen molar-refractivity contribution in [2.75, 3.05) is 19.7 Å². The van der Waals surface area contributed by atoms with Gasteiger partial charge in [0.05, 0.1) is 6.61 Å². The molecule has 1 aromatic rings. The molecule has 1 aliphatic rings. The van der Waals surface area contributed by atoms with Crippen molar-refractivity contribution >= 4 is 0 Å². The van der Waals surface area contributed by atoms with Gasteiger partial charge in [-0.05, 0) is 31.4 Å². The van der Waals surface area contributed by atoms with Crippen molar-refractivity contribution in [3.8, 4) is 0 Å². The predicted molar refractivity (Wildman–Crippen MR) is 61.8 cm³/mol. The van der Waals surface area contributed by atoms with Crippen LogP contribution in [0.4, 0.5) is 0 Å². The van der Waals surface area contributed by atoms with Crippen LogP contribution in [0.2, 0.25) is 0 Å². The first-order chi connectivity index (χ1) is 7.16. The zero-order valence-corrected chi connectivity index (χ0v) is 9.53. The molecule has 1 N–H and O–H groups in total. The van der Waals surface area contributed by atoms with Gasteiger partial charge in [-0.3, -0.25) is 4.90 Å². The van der Waals surface area contributed by atoms with E-state index in [2.05, 4.69) is 43.0 Å². The minimum Gasteiger partial charge on any atom is -0.395 e. The van der Waals surface area contributed by atoms with Gasteiger partial charge >= 0.3 is 0 Å². The quantitative estimate of drug-likeness (QED) is 0.795. The maximum absolute atomic E-state index is 9.06. The first kappa shape index (κ1) is 10.7. The summed E-state index contributed by atoms with van der Waals surface area (Å²) in [6.07, 6.45) is 1.10. The van der Waals surface area contributed by atoms with E-state index >= 15 is 0 Å². The van der Waals surface area contributed by atoms with Gasteiger partial charge in [-0.25, -0.2) is 0 Å². The lowest BCUT2D eigenvalue weighted by molar-refractivity contribution is 0.0823. The number of aliphatic hydroxyl groups is 1. The topological polar surface area (TPSA) is 23.5 Å². The average molecular weight is 205 g/mol. The summed E-state index contributed by atoms with van der Waals surface area (Å²) in [7, 11) is 0. The monoisotopic (exact) mass is 205 g/mol. The molecule has 0 aliphatic carbocycles. The Morgan fingerprint density at radius 1 is 1.33 bits per heavy atom. The van der Waals surface area contributed by atoms with Crippen molar-refractivity contribution in [3.63, 3.8) is 0 Å². The van der Waals surface area contributed by atoms with Gasteiger partial charge in [-0.2, -0.15) is 0 Å². The highest BCUT2D eigenvalue weighted by atomic mass is 16.3. The molecule has 0 saturated heterocycles. The number of hydrogen-bond donors (Lipinski definition) is 1. The van der Waals surface area contributed by atoms with Gasteiger partial charge < -0.3 is 5.11 Å². The van der Waals surface area contributed by atoms with Crippen LogP contribution in [0.1, 0.15) is 25.0 Å². The van der Waals surface area contributed by atoms with Crippen molar-refractivity contribution < 1.29 is 5.11 Å². The van der Waals surface area contributed by atoms with Crippen LogP contribution >= 0.6 is 0 Å². The lowest BCUT2D eigenvalue weighted by Crippen LogP contribution is -2.47. The lowest BCUT2D eigenvalue weighted by Gasteiger charge is -2.43. The Bertz CT molecular complexity index is 346. The fraction of sp³-hybridized carbons (Fsp3) is 0.538. The second kappa shape index (κ2) is 3.95. The normalized spacial score (nSPS) is 19.9. The molecule has 0 fully saturated rings. The van der Waals surface area contributed by atoms with Crippen LogP contribution in [-0.4, -0.2) is 29.7 Å². The van der Waals surface area contributed by atoms with Gasteiger partial charge in [0.25, 0.3) is 0 Å². The van der Waals surface area contributed by atoms with E-state index in [-0.39, 0.29) is 12.1 Å². The minimum atomic E-state index is 0.0531. The number of hydrogen-bond acceptors (Lipinski definition) is 2. The van der Waals surface area contributed by atoms with Crippen LogP contribution in [0.15, 0.2) is 24.3 Å². The molecule has 0 spiro atoms. The largest absolute Gasteiger partial charge is 0.395 e. The second-order valence-electron chi connectivity index (χ2n) is 4.68. The van der Waals surface area contributed by atoms with Crippen LogP contribution in [0.3, 0.4) is 0 Å². The van der Waals surface area contributed by atoms with Crippen molar-refractivity contribution in [2.24, 2.45) is 0 Å². The highest BCUT2D eigenvalue weighted by Gasteiger charge is 2.33. The van der Waals surface area contributed by atoms with E-state index in [1.807, 2.05) is 0 Å². The molecule has 0 unspecified atom stereocenters. The molecule has 1 aliphatic heterocycles. The molecule has 82 valence electrons. The van der Waals surface area contributed by atoms with Gasteiger partial charge in [-0.1, -0.05) is 24.3 Å². The van der Waals surface area contributed by atoms with Crippen molar-refractivity contribution in [2.45, 2.75) is 25.8 Å². The third kappa shape index (κ3) is 1.80. The number of aliphatic hydroxyl groups excluding tert-OH is 1. The standard InChI is InChI=1S/C13H19NO/c1-13(2)12-6-4-3-5-11(12)7-8-14(13)9-10-15/h3-6,15H,7-10H2,1-2H3. The maximum atomic E-state index is 9.06. The van der Waals surface area contributed by atoms with Crippen molar-refractivity contribution in [1.82, 2.24) is 4.90 Å². The number of rotatable bonds is 2. The molecule has 1 aromatic carbocycles. The number of benzene rings is 1. The lowest BCUT2D eigenvalue weighted by atomic mass is 9.83. The van der Waals surface area contributed by atoms with E-state index in [0.29, 0.717) is 0 Å². The smallest absolute Gasteiger partial charge is 0.0558 e.